The summed E-state index contributed by atoms with van der Waals surface area (Å²) in [6, 6.07) is 14.1. The van der Waals surface area contributed by atoms with E-state index in [9.17, 15) is 29.0 Å². The van der Waals surface area contributed by atoms with E-state index in [2.05, 4.69) is 31.4 Å². The van der Waals surface area contributed by atoms with Crippen molar-refractivity contribution in [2.24, 2.45) is 46.3 Å². The minimum absolute atomic E-state index is 0.0151. The van der Waals surface area contributed by atoms with E-state index in [0.717, 1.165) is 56.9 Å². The van der Waals surface area contributed by atoms with Crippen LogP contribution >= 0.6 is 0 Å². The van der Waals surface area contributed by atoms with Crippen LogP contribution < -0.4 is 10.6 Å². The molecule has 0 unspecified atom stereocenters. The summed E-state index contributed by atoms with van der Waals surface area (Å²) >= 11 is 0. The fraction of sp³-hybridized carbons (Fsp3) is 0.643. The number of esters is 1. The number of carbonyl (C=O) groups excluding carboxylic acids is 3. The summed E-state index contributed by atoms with van der Waals surface area (Å²) in [4.78, 5) is 39.3. The lowest BCUT2D eigenvalue weighted by molar-refractivity contribution is -0.174. The van der Waals surface area contributed by atoms with Crippen molar-refractivity contribution in [2.75, 3.05) is 5.32 Å². The van der Waals surface area contributed by atoms with Gasteiger partial charge in [-0.2, -0.15) is 0 Å². The third-order valence-electron chi connectivity index (χ3n) is 13.9. The fourth-order valence-electron chi connectivity index (χ4n) is 11.1. The summed E-state index contributed by atoms with van der Waals surface area (Å²) in [7, 11) is 0. The van der Waals surface area contributed by atoms with E-state index in [1.54, 1.807) is 6.07 Å². The smallest absolute Gasteiger partial charge is 0.328 e. The van der Waals surface area contributed by atoms with Gasteiger partial charge in [0.2, 0.25) is 11.8 Å². The first-order valence-corrected chi connectivity index (χ1v) is 19.3. The maximum atomic E-state index is 14.1. The number of amides is 2. The topological polar surface area (TPSA) is 125 Å². The molecule has 0 aromatic heterocycles. The average molecular weight is 705 g/mol. The molecule has 9 heteroatoms. The minimum Gasteiger partial charge on any atom is -0.459 e. The molecule has 2 amide bonds. The molecule has 0 radical (unpaired) electrons. The third kappa shape index (κ3) is 8.04. The Morgan fingerprint density at radius 2 is 1.55 bits per heavy atom. The van der Waals surface area contributed by atoms with Crippen LogP contribution in [0.15, 0.2) is 54.6 Å². The summed E-state index contributed by atoms with van der Waals surface area (Å²) in [6.45, 7) is 7.15. The van der Waals surface area contributed by atoms with Crippen LogP contribution in [0, 0.1) is 52.2 Å². The molecule has 11 atom stereocenters. The second kappa shape index (κ2) is 15.7. The van der Waals surface area contributed by atoms with Crippen molar-refractivity contribution in [3.05, 3.63) is 66.0 Å². The standard InChI is InChI=1S/C42H57FN2O6/c1-26(30-14-15-31-39-32(20-22-42(30,31)3)41(2)21-19-29(46)23-28(41)24-36(39)47)13-17-37(48)45-35(40(50)51-25-27-9-5-4-6-10-27)16-18-38(49)44-34-12-8-7-11-33(34)43/h4-12,26,28-32,35-36,39,46-47H,13-25H2,1-3H3,(H,44,49)(H,45,48)/t26-,28+,29-,30-,31+,32+,35+,36-,39+,41+,42-/m1/s1. The van der Waals surface area contributed by atoms with E-state index in [4.69, 9.17) is 4.74 Å². The van der Waals surface area contributed by atoms with Crippen LogP contribution in [0.2, 0.25) is 0 Å². The van der Waals surface area contributed by atoms with Gasteiger partial charge in [0.1, 0.15) is 18.5 Å². The van der Waals surface area contributed by atoms with Crippen molar-refractivity contribution in [1.29, 1.82) is 0 Å². The molecule has 4 saturated carbocycles. The Morgan fingerprint density at radius 1 is 0.863 bits per heavy atom. The predicted molar refractivity (Wildman–Crippen MR) is 193 cm³/mol. The summed E-state index contributed by atoms with van der Waals surface area (Å²) in [5.74, 6) is 0.458. The van der Waals surface area contributed by atoms with Gasteiger partial charge >= 0.3 is 5.97 Å². The molecule has 8 nitrogen and oxygen atoms in total. The number of nitrogens with one attached hydrogen (secondary N) is 2. The van der Waals surface area contributed by atoms with Crippen LogP contribution in [0.25, 0.3) is 0 Å². The number of para-hydroxylation sites is 1. The number of carbonyl (C=O) groups is 3. The van der Waals surface area contributed by atoms with Crippen molar-refractivity contribution in [3.63, 3.8) is 0 Å². The third-order valence-corrected chi connectivity index (χ3v) is 13.9. The number of aliphatic hydroxyl groups excluding tert-OH is 2. The number of hydrogen-bond donors (Lipinski definition) is 4. The number of ether oxygens (including phenoxy) is 1. The summed E-state index contributed by atoms with van der Waals surface area (Å²) in [5.41, 5.74) is 1.16. The highest BCUT2D eigenvalue weighted by Crippen LogP contribution is 2.68. The Balaban J connectivity index is 1.05. The highest BCUT2D eigenvalue weighted by Gasteiger charge is 2.62. The second-order valence-corrected chi connectivity index (χ2v) is 16.7. The lowest BCUT2D eigenvalue weighted by atomic mass is 9.43. The number of aliphatic hydroxyl groups is 2. The second-order valence-electron chi connectivity index (χ2n) is 16.7. The van der Waals surface area contributed by atoms with Gasteiger partial charge in [-0.3, -0.25) is 9.59 Å². The van der Waals surface area contributed by atoms with Gasteiger partial charge in [-0.05, 0) is 128 Å². The van der Waals surface area contributed by atoms with Gasteiger partial charge in [0.15, 0.2) is 0 Å². The number of halogens is 1. The number of anilines is 1. The van der Waals surface area contributed by atoms with Crippen molar-refractivity contribution >= 4 is 23.5 Å². The van der Waals surface area contributed by atoms with Crippen LogP contribution in [-0.2, 0) is 25.7 Å². The van der Waals surface area contributed by atoms with Crippen LogP contribution in [0.5, 0.6) is 0 Å². The Labute approximate surface area is 302 Å². The van der Waals surface area contributed by atoms with E-state index in [0.29, 0.717) is 36.0 Å². The quantitative estimate of drug-likeness (QED) is 0.174. The maximum Gasteiger partial charge on any atom is 0.328 e. The SMILES string of the molecule is C[C@H](CCC(=O)N[C@@H](CCC(=O)Nc1ccccc1F)C(=O)OCc1ccccc1)[C@H]1CC[C@H]2[C@@H]3[C@H](O)C[C@@H]4C[C@H](O)CC[C@]4(C)[C@H]3CC[C@]12C. The summed E-state index contributed by atoms with van der Waals surface area (Å²) in [5, 5.41) is 27.4. The lowest BCUT2D eigenvalue weighted by Gasteiger charge is -2.62. The van der Waals surface area contributed by atoms with Crippen LogP contribution in [0.3, 0.4) is 0 Å². The monoisotopic (exact) mass is 704 g/mol. The minimum atomic E-state index is -1.02. The van der Waals surface area contributed by atoms with Crippen molar-refractivity contribution in [1.82, 2.24) is 5.32 Å². The Bertz CT molecular complexity index is 1540. The van der Waals surface area contributed by atoms with E-state index in [1.807, 2.05) is 30.3 Å². The molecule has 0 spiro atoms. The van der Waals surface area contributed by atoms with E-state index >= 15 is 0 Å². The van der Waals surface area contributed by atoms with Gasteiger partial charge in [0.05, 0.1) is 17.9 Å². The molecule has 0 aliphatic heterocycles. The highest BCUT2D eigenvalue weighted by molar-refractivity contribution is 5.91. The molecular weight excluding hydrogens is 647 g/mol. The van der Waals surface area contributed by atoms with Crippen molar-refractivity contribution < 1.29 is 33.7 Å². The molecule has 6 rings (SSSR count). The van der Waals surface area contributed by atoms with E-state index < -0.39 is 23.7 Å². The zero-order chi connectivity index (χ0) is 36.3. The first-order valence-electron chi connectivity index (χ1n) is 19.3. The number of rotatable bonds is 12. The molecule has 2 aromatic rings. The van der Waals surface area contributed by atoms with E-state index in [-0.39, 0.29) is 66.4 Å². The van der Waals surface area contributed by atoms with Gasteiger partial charge in [0.25, 0.3) is 0 Å². The molecule has 4 aliphatic rings. The normalized spacial score (nSPS) is 33.9. The average Bonchev–Trinajstić information content (AvgIpc) is 3.47. The number of hydrogen-bond acceptors (Lipinski definition) is 6. The molecule has 4 aliphatic carbocycles. The molecule has 0 saturated heterocycles. The molecule has 278 valence electrons. The lowest BCUT2D eigenvalue weighted by Crippen LogP contribution is -2.58. The van der Waals surface area contributed by atoms with Gasteiger partial charge < -0.3 is 25.6 Å². The first-order chi connectivity index (χ1) is 24.4. The molecule has 0 bridgehead atoms. The van der Waals surface area contributed by atoms with Crippen molar-refractivity contribution in [3.8, 4) is 0 Å². The van der Waals surface area contributed by atoms with Gasteiger partial charge in [-0.25, -0.2) is 9.18 Å². The molecule has 4 N–H and O–H groups in total. The number of benzene rings is 2. The highest BCUT2D eigenvalue weighted by atomic mass is 19.1. The molecule has 0 heterocycles. The zero-order valence-electron chi connectivity index (χ0n) is 30.5. The number of fused-ring (bicyclic) bond motifs is 5. The van der Waals surface area contributed by atoms with Gasteiger partial charge in [-0.1, -0.05) is 63.2 Å². The van der Waals surface area contributed by atoms with Crippen LogP contribution in [-0.4, -0.2) is 46.2 Å². The molecule has 4 fully saturated rings. The van der Waals surface area contributed by atoms with Crippen molar-refractivity contribution in [2.45, 2.75) is 123 Å². The molecule has 51 heavy (non-hydrogen) atoms. The van der Waals surface area contributed by atoms with E-state index in [1.165, 1.54) is 18.2 Å². The molecular formula is C42H57FN2O6. The zero-order valence-corrected chi connectivity index (χ0v) is 30.5. The molecule has 2 aromatic carbocycles. The Kier molecular flexibility index (Phi) is 11.6. The maximum absolute atomic E-state index is 14.1. The Hall–Kier alpha value is -3.30. The van der Waals surface area contributed by atoms with Crippen LogP contribution in [0.4, 0.5) is 10.1 Å². The van der Waals surface area contributed by atoms with Gasteiger partial charge in [0, 0.05) is 12.8 Å². The summed E-state index contributed by atoms with van der Waals surface area (Å²) < 4.78 is 19.7. The fourth-order valence-corrected chi connectivity index (χ4v) is 11.1. The first kappa shape index (κ1) is 37.5. The largest absolute Gasteiger partial charge is 0.459 e. The van der Waals surface area contributed by atoms with Gasteiger partial charge in [-0.15, -0.1) is 0 Å². The van der Waals surface area contributed by atoms with Crippen LogP contribution in [0.1, 0.15) is 103 Å². The summed E-state index contributed by atoms with van der Waals surface area (Å²) in [6.07, 6.45) is 8.21. The predicted octanol–water partition coefficient (Wildman–Crippen LogP) is 7.18. The Morgan fingerprint density at radius 3 is 2.31 bits per heavy atom.